The number of halogens is 1. The lowest BCUT2D eigenvalue weighted by Gasteiger charge is -2.12. The van der Waals surface area contributed by atoms with Crippen molar-refractivity contribution >= 4 is 10.8 Å². The van der Waals surface area contributed by atoms with Crippen LogP contribution in [0, 0.1) is 5.82 Å². The molecule has 0 radical (unpaired) electrons. The molecule has 0 saturated heterocycles. The molecule has 0 aliphatic heterocycles. The summed E-state index contributed by atoms with van der Waals surface area (Å²) in [5.41, 5.74) is 7.31. The van der Waals surface area contributed by atoms with E-state index >= 15 is 0 Å². The van der Waals surface area contributed by atoms with E-state index in [1.165, 1.54) is 25.0 Å². The molecule has 1 aromatic carbocycles. The van der Waals surface area contributed by atoms with Crippen LogP contribution in [0.5, 0.6) is 0 Å². The van der Waals surface area contributed by atoms with E-state index < -0.39 is 10.8 Å². The predicted molar refractivity (Wildman–Crippen MR) is 68.4 cm³/mol. The first kappa shape index (κ1) is 12.7. The minimum absolute atomic E-state index is 0.277. The van der Waals surface area contributed by atoms with Crippen LogP contribution in [-0.2, 0) is 23.1 Å². The molecule has 0 heterocycles. The average Bonchev–Trinajstić information content (AvgIpc) is 2.83. The molecule has 0 aromatic heterocycles. The molecule has 2 N–H and O–H groups in total. The zero-order chi connectivity index (χ0) is 12.3. The van der Waals surface area contributed by atoms with Gasteiger partial charge in [0.05, 0.1) is 0 Å². The molecule has 1 aliphatic rings. The predicted octanol–water partition coefficient (Wildman–Crippen LogP) is 2.48. The van der Waals surface area contributed by atoms with Gasteiger partial charge in [0.15, 0.2) is 0 Å². The molecule has 2 nitrogen and oxygen atoms in total. The molecule has 0 spiro atoms. The van der Waals surface area contributed by atoms with Crippen LogP contribution >= 0.6 is 0 Å². The molecule has 1 unspecified atom stereocenters. The van der Waals surface area contributed by atoms with Crippen LogP contribution in [0.4, 0.5) is 4.39 Å². The lowest BCUT2D eigenvalue weighted by Crippen LogP contribution is -2.14. The van der Waals surface area contributed by atoms with Crippen LogP contribution in [0.15, 0.2) is 18.2 Å². The third-order valence-electron chi connectivity index (χ3n) is 3.36. The van der Waals surface area contributed by atoms with Gasteiger partial charge in [-0.05, 0) is 36.1 Å². The summed E-state index contributed by atoms with van der Waals surface area (Å²) in [4.78, 5) is 0. The summed E-state index contributed by atoms with van der Waals surface area (Å²) < 4.78 is 25.3. The molecule has 2 rings (SSSR count). The monoisotopic (exact) mass is 255 g/mol. The molecule has 1 atom stereocenters. The fraction of sp³-hybridized carbons (Fsp3) is 0.538. The first-order chi connectivity index (χ1) is 8.20. The Labute approximate surface area is 104 Å². The summed E-state index contributed by atoms with van der Waals surface area (Å²) in [5.74, 6) is 0.162. The van der Waals surface area contributed by atoms with Crippen LogP contribution in [0.2, 0.25) is 0 Å². The summed E-state index contributed by atoms with van der Waals surface area (Å²) in [6.07, 6.45) is 4.42. The van der Waals surface area contributed by atoms with Crippen molar-refractivity contribution < 1.29 is 8.60 Å². The van der Waals surface area contributed by atoms with Gasteiger partial charge in [-0.1, -0.05) is 18.9 Å². The fourth-order valence-electron chi connectivity index (χ4n) is 2.35. The Kier molecular flexibility index (Phi) is 4.29. The molecular weight excluding hydrogens is 237 g/mol. The lowest BCUT2D eigenvalue weighted by atomic mass is 10.1. The lowest BCUT2D eigenvalue weighted by molar-refractivity contribution is 0.625. The summed E-state index contributed by atoms with van der Waals surface area (Å²) in [6, 6.07) is 4.57. The number of rotatable bonds is 4. The minimum atomic E-state index is -0.889. The zero-order valence-corrected chi connectivity index (χ0v) is 10.6. The van der Waals surface area contributed by atoms with Gasteiger partial charge in [-0.3, -0.25) is 4.21 Å². The Morgan fingerprint density at radius 3 is 2.65 bits per heavy atom. The van der Waals surface area contributed by atoms with Crippen molar-refractivity contribution in [1.29, 1.82) is 0 Å². The van der Waals surface area contributed by atoms with E-state index in [0.29, 0.717) is 17.5 Å². The van der Waals surface area contributed by atoms with Crippen LogP contribution < -0.4 is 5.73 Å². The highest BCUT2D eigenvalue weighted by Crippen LogP contribution is 2.25. The third-order valence-corrected chi connectivity index (χ3v) is 5.17. The maximum atomic E-state index is 13.2. The van der Waals surface area contributed by atoms with Crippen LogP contribution in [0.1, 0.15) is 36.8 Å². The van der Waals surface area contributed by atoms with Gasteiger partial charge in [0.2, 0.25) is 0 Å². The molecule has 0 amide bonds. The van der Waals surface area contributed by atoms with E-state index in [0.717, 1.165) is 24.0 Å². The van der Waals surface area contributed by atoms with Gasteiger partial charge >= 0.3 is 0 Å². The Hall–Kier alpha value is -0.740. The SMILES string of the molecule is NCc1ccc(F)cc1CS(=O)C1CCCC1. The summed E-state index contributed by atoms with van der Waals surface area (Å²) in [5, 5.41) is 0.295. The number of hydrogen-bond acceptors (Lipinski definition) is 2. The maximum absolute atomic E-state index is 13.2. The Morgan fingerprint density at radius 2 is 2.00 bits per heavy atom. The normalized spacial score (nSPS) is 18.5. The summed E-state index contributed by atoms with van der Waals surface area (Å²) >= 11 is 0. The second-order valence-electron chi connectivity index (χ2n) is 4.55. The molecule has 1 saturated carbocycles. The van der Waals surface area contributed by atoms with Crippen molar-refractivity contribution in [3.8, 4) is 0 Å². The molecule has 4 heteroatoms. The van der Waals surface area contributed by atoms with Gasteiger partial charge in [-0.15, -0.1) is 0 Å². The van der Waals surface area contributed by atoms with Gasteiger partial charge in [0, 0.05) is 28.3 Å². The Morgan fingerprint density at radius 1 is 1.29 bits per heavy atom. The van der Waals surface area contributed by atoms with Gasteiger partial charge in [0.25, 0.3) is 0 Å². The van der Waals surface area contributed by atoms with Gasteiger partial charge in [0.1, 0.15) is 5.82 Å². The van der Waals surface area contributed by atoms with Crippen LogP contribution in [-0.4, -0.2) is 9.46 Å². The number of nitrogens with two attached hydrogens (primary N) is 1. The second-order valence-corrected chi connectivity index (χ2v) is 6.27. The van der Waals surface area contributed by atoms with Crippen molar-refractivity contribution in [2.45, 2.75) is 43.2 Å². The average molecular weight is 255 g/mol. The van der Waals surface area contributed by atoms with E-state index in [4.69, 9.17) is 5.73 Å². The molecule has 1 aliphatic carbocycles. The quantitative estimate of drug-likeness (QED) is 0.898. The van der Waals surface area contributed by atoms with Gasteiger partial charge in [-0.25, -0.2) is 4.39 Å². The third kappa shape index (κ3) is 3.13. The standard InChI is InChI=1S/C13H18FNOS/c14-12-6-5-10(8-15)11(7-12)9-17(16)13-3-1-2-4-13/h5-7,13H,1-4,8-9,15H2. The Balaban J connectivity index is 2.11. The van der Waals surface area contributed by atoms with E-state index in [1.54, 1.807) is 6.07 Å². The fourth-order valence-corrected chi connectivity index (χ4v) is 4.02. The van der Waals surface area contributed by atoms with E-state index in [-0.39, 0.29) is 5.82 Å². The zero-order valence-electron chi connectivity index (χ0n) is 9.82. The van der Waals surface area contributed by atoms with Gasteiger partial charge < -0.3 is 5.73 Å². The molecule has 1 aromatic rings. The molecule has 1 fully saturated rings. The minimum Gasteiger partial charge on any atom is -0.326 e. The van der Waals surface area contributed by atoms with Crippen molar-refractivity contribution in [2.75, 3.05) is 0 Å². The summed E-state index contributed by atoms with van der Waals surface area (Å²) in [7, 11) is -0.889. The van der Waals surface area contributed by atoms with Crippen LogP contribution in [0.3, 0.4) is 0 Å². The van der Waals surface area contributed by atoms with Crippen molar-refractivity contribution in [1.82, 2.24) is 0 Å². The maximum Gasteiger partial charge on any atom is 0.123 e. The highest BCUT2D eigenvalue weighted by Gasteiger charge is 2.22. The smallest absolute Gasteiger partial charge is 0.123 e. The first-order valence-corrected chi connectivity index (χ1v) is 7.43. The first-order valence-electron chi connectivity index (χ1n) is 6.05. The topological polar surface area (TPSA) is 43.1 Å². The number of benzene rings is 1. The van der Waals surface area contributed by atoms with E-state index in [9.17, 15) is 8.60 Å². The molecule has 94 valence electrons. The van der Waals surface area contributed by atoms with E-state index in [1.807, 2.05) is 0 Å². The van der Waals surface area contributed by atoms with Gasteiger partial charge in [-0.2, -0.15) is 0 Å². The largest absolute Gasteiger partial charge is 0.326 e. The molecule has 17 heavy (non-hydrogen) atoms. The van der Waals surface area contributed by atoms with E-state index in [2.05, 4.69) is 0 Å². The highest BCUT2D eigenvalue weighted by molar-refractivity contribution is 7.84. The van der Waals surface area contributed by atoms with Crippen molar-refractivity contribution in [2.24, 2.45) is 5.73 Å². The molecule has 0 bridgehead atoms. The van der Waals surface area contributed by atoms with Crippen molar-refractivity contribution in [3.63, 3.8) is 0 Å². The second kappa shape index (κ2) is 5.74. The molecular formula is C13H18FNOS. The highest BCUT2D eigenvalue weighted by atomic mass is 32.2. The Bertz CT molecular complexity index is 416. The van der Waals surface area contributed by atoms with Crippen LogP contribution in [0.25, 0.3) is 0 Å². The summed E-state index contributed by atoms with van der Waals surface area (Å²) in [6.45, 7) is 0.372. The number of hydrogen-bond donors (Lipinski definition) is 1. The van der Waals surface area contributed by atoms with Crippen molar-refractivity contribution in [3.05, 3.63) is 35.1 Å².